The molecule has 0 saturated heterocycles. The predicted molar refractivity (Wildman–Crippen MR) is 94.2 cm³/mol. The van der Waals surface area contributed by atoms with Gasteiger partial charge in [-0.25, -0.2) is 9.59 Å². The van der Waals surface area contributed by atoms with Gasteiger partial charge in [-0.15, -0.1) is 0 Å². The summed E-state index contributed by atoms with van der Waals surface area (Å²) in [6.07, 6.45) is 3.58. The van der Waals surface area contributed by atoms with E-state index < -0.39 is 0 Å². The maximum Gasteiger partial charge on any atom is 0.338 e. The molecule has 2 aromatic rings. The number of benzene rings is 2. The second kappa shape index (κ2) is 7.79. The highest BCUT2D eigenvalue weighted by Gasteiger charge is 2.28. The van der Waals surface area contributed by atoms with Crippen LogP contribution in [0.25, 0.3) is 0 Å². The lowest BCUT2D eigenvalue weighted by molar-refractivity contribution is 0.00952. The molecular weight excluding hydrogens is 316 g/mol. The summed E-state index contributed by atoms with van der Waals surface area (Å²) in [5, 5.41) is 0. The van der Waals surface area contributed by atoms with Crippen LogP contribution in [-0.2, 0) is 9.47 Å². The summed E-state index contributed by atoms with van der Waals surface area (Å²) in [6.45, 7) is 1.98. The zero-order chi connectivity index (χ0) is 17.6. The van der Waals surface area contributed by atoms with Gasteiger partial charge in [0.25, 0.3) is 0 Å². The van der Waals surface area contributed by atoms with E-state index in [0.717, 1.165) is 0 Å². The van der Waals surface area contributed by atoms with E-state index in [4.69, 9.17) is 9.47 Å². The number of esters is 2. The Bertz CT molecular complexity index is 752. The molecule has 2 aromatic carbocycles. The highest BCUT2D eigenvalue weighted by Crippen LogP contribution is 2.25. The average molecular weight is 336 g/mol. The van der Waals surface area contributed by atoms with Crippen molar-refractivity contribution in [1.29, 1.82) is 0 Å². The van der Waals surface area contributed by atoms with Gasteiger partial charge in [-0.2, -0.15) is 0 Å². The van der Waals surface area contributed by atoms with Gasteiger partial charge in [0.1, 0.15) is 12.2 Å². The van der Waals surface area contributed by atoms with Gasteiger partial charge in [-0.1, -0.05) is 43.3 Å². The number of hydrogen-bond donors (Lipinski definition) is 0. The van der Waals surface area contributed by atoms with Gasteiger partial charge in [-0.3, -0.25) is 0 Å². The van der Waals surface area contributed by atoms with Crippen LogP contribution >= 0.6 is 0 Å². The summed E-state index contributed by atoms with van der Waals surface area (Å²) < 4.78 is 11.1. The number of carbonyl (C=O) groups excluding carboxylic acids is 2. The van der Waals surface area contributed by atoms with Crippen LogP contribution in [0.2, 0.25) is 0 Å². The van der Waals surface area contributed by atoms with E-state index in [2.05, 4.69) is 0 Å². The lowest BCUT2D eigenvalue weighted by Gasteiger charge is -2.28. The van der Waals surface area contributed by atoms with Crippen molar-refractivity contribution in [3.05, 3.63) is 83.9 Å². The minimum Gasteiger partial charge on any atom is -0.455 e. The van der Waals surface area contributed by atoms with Gasteiger partial charge in [0, 0.05) is 5.92 Å². The fraction of sp³-hybridized carbons (Fsp3) is 0.238. The SMILES string of the molecule is C[C@H]1C[C@H](OC(=O)c2ccccc2)C=C[C@@H]1OC(=O)c1ccccc1. The number of carbonyl (C=O) groups is 2. The lowest BCUT2D eigenvalue weighted by Crippen LogP contribution is -2.32. The van der Waals surface area contributed by atoms with Crippen LogP contribution in [0.1, 0.15) is 34.1 Å². The van der Waals surface area contributed by atoms with Crippen molar-refractivity contribution in [3.63, 3.8) is 0 Å². The Morgan fingerprint density at radius 1 is 0.800 bits per heavy atom. The van der Waals surface area contributed by atoms with Crippen molar-refractivity contribution < 1.29 is 19.1 Å². The molecule has 0 N–H and O–H groups in total. The molecule has 25 heavy (non-hydrogen) atoms. The van der Waals surface area contributed by atoms with Crippen LogP contribution in [-0.4, -0.2) is 24.1 Å². The molecule has 128 valence electrons. The van der Waals surface area contributed by atoms with Gasteiger partial charge in [0.05, 0.1) is 11.1 Å². The van der Waals surface area contributed by atoms with E-state index in [1.165, 1.54) is 0 Å². The Morgan fingerprint density at radius 2 is 1.32 bits per heavy atom. The van der Waals surface area contributed by atoms with Crippen LogP contribution in [0.15, 0.2) is 72.8 Å². The van der Waals surface area contributed by atoms with Gasteiger partial charge in [-0.05, 0) is 42.8 Å². The monoisotopic (exact) mass is 336 g/mol. The summed E-state index contributed by atoms with van der Waals surface area (Å²) in [4.78, 5) is 24.3. The second-order valence-electron chi connectivity index (χ2n) is 6.14. The molecule has 4 nitrogen and oxygen atoms in total. The average Bonchev–Trinajstić information content (AvgIpc) is 2.65. The van der Waals surface area contributed by atoms with E-state index in [1.54, 1.807) is 60.7 Å². The van der Waals surface area contributed by atoms with Crippen molar-refractivity contribution in [2.45, 2.75) is 25.6 Å². The van der Waals surface area contributed by atoms with Crippen molar-refractivity contribution in [3.8, 4) is 0 Å². The molecule has 4 heteroatoms. The highest BCUT2D eigenvalue weighted by molar-refractivity contribution is 5.90. The normalized spacial score (nSPS) is 22.2. The van der Waals surface area contributed by atoms with E-state index in [1.807, 2.05) is 19.1 Å². The largest absolute Gasteiger partial charge is 0.455 e. The molecule has 0 fully saturated rings. The molecule has 0 spiro atoms. The maximum atomic E-state index is 12.2. The molecule has 0 radical (unpaired) electrons. The molecule has 1 aliphatic carbocycles. The van der Waals surface area contributed by atoms with Crippen LogP contribution < -0.4 is 0 Å². The summed E-state index contributed by atoms with van der Waals surface area (Å²) >= 11 is 0. The fourth-order valence-electron chi connectivity index (χ4n) is 2.79. The van der Waals surface area contributed by atoms with Crippen molar-refractivity contribution in [1.82, 2.24) is 0 Å². The quantitative estimate of drug-likeness (QED) is 0.625. The Kier molecular flexibility index (Phi) is 5.29. The van der Waals surface area contributed by atoms with Crippen LogP contribution in [0.5, 0.6) is 0 Å². The van der Waals surface area contributed by atoms with Crippen molar-refractivity contribution >= 4 is 11.9 Å². The second-order valence-corrected chi connectivity index (χ2v) is 6.14. The Balaban J connectivity index is 1.59. The van der Waals surface area contributed by atoms with Crippen LogP contribution in [0.3, 0.4) is 0 Å². The minimum atomic E-state index is -0.346. The number of ether oxygens (including phenoxy) is 2. The van der Waals surface area contributed by atoms with Gasteiger partial charge in [0.2, 0.25) is 0 Å². The first-order chi connectivity index (χ1) is 12.1. The molecule has 3 rings (SSSR count). The van der Waals surface area contributed by atoms with E-state index >= 15 is 0 Å². The molecule has 0 aliphatic heterocycles. The van der Waals surface area contributed by atoms with Crippen LogP contribution in [0, 0.1) is 5.92 Å². The molecule has 0 heterocycles. The minimum absolute atomic E-state index is 0.0613. The number of rotatable bonds is 4. The molecular formula is C21H20O4. The van der Waals surface area contributed by atoms with Gasteiger partial charge < -0.3 is 9.47 Å². The zero-order valence-electron chi connectivity index (χ0n) is 14.0. The molecule has 3 atom stereocenters. The summed E-state index contributed by atoms with van der Waals surface area (Å²) in [5.74, 6) is -0.629. The topological polar surface area (TPSA) is 52.6 Å². The van der Waals surface area contributed by atoms with Crippen molar-refractivity contribution in [2.24, 2.45) is 5.92 Å². The molecule has 1 aliphatic rings. The first kappa shape index (κ1) is 17.0. The lowest BCUT2D eigenvalue weighted by atomic mass is 9.91. The fourth-order valence-corrected chi connectivity index (χ4v) is 2.79. The first-order valence-corrected chi connectivity index (χ1v) is 8.34. The van der Waals surface area contributed by atoms with Gasteiger partial charge >= 0.3 is 11.9 Å². The van der Waals surface area contributed by atoms with Crippen molar-refractivity contribution in [2.75, 3.05) is 0 Å². The third-order valence-electron chi connectivity index (χ3n) is 4.20. The number of hydrogen-bond acceptors (Lipinski definition) is 4. The van der Waals surface area contributed by atoms with E-state index in [-0.39, 0.29) is 30.1 Å². The maximum absolute atomic E-state index is 12.2. The summed E-state index contributed by atoms with van der Waals surface area (Å²) in [6, 6.07) is 17.8. The Morgan fingerprint density at radius 3 is 1.84 bits per heavy atom. The Hall–Kier alpha value is -2.88. The zero-order valence-corrected chi connectivity index (χ0v) is 14.0. The summed E-state index contributed by atoms with van der Waals surface area (Å²) in [7, 11) is 0. The molecule has 0 bridgehead atoms. The van der Waals surface area contributed by atoms with E-state index in [9.17, 15) is 9.59 Å². The Labute approximate surface area is 147 Å². The molecule has 0 saturated carbocycles. The summed E-state index contributed by atoms with van der Waals surface area (Å²) in [5.41, 5.74) is 1.06. The molecule has 0 amide bonds. The molecule has 0 unspecified atom stereocenters. The highest BCUT2D eigenvalue weighted by atomic mass is 16.6. The first-order valence-electron chi connectivity index (χ1n) is 8.34. The van der Waals surface area contributed by atoms with Crippen LogP contribution in [0.4, 0.5) is 0 Å². The molecule has 0 aromatic heterocycles. The third-order valence-corrected chi connectivity index (χ3v) is 4.20. The predicted octanol–water partition coefficient (Wildman–Crippen LogP) is 4.03. The smallest absolute Gasteiger partial charge is 0.338 e. The standard InChI is InChI=1S/C21H20O4/c1-15-14-18(24-20(22)16-8-4-2-5-9-16)12-13-19(15)25-21(23)17-10-6-3-7-11-17/h2-13,15,18-19H,14H2,1H3/t15-,18+,19-/m0/s1. The van der Waals surface area contributed by atoms with E-state index in [0.29, 0.717) is 17.5 Å². The van der Waals surface area contributed by atoms with Gasteiger partial charge in [0.15, 0.2) is 0 Å². The third kappa shape index (κ3) is 4.35.